The molecule has 20 heavy (non-hydrogen) atoms. The molecule has 1 fully saturated rings. The Kier molecular flexibility index (Phi) is 4.79. The first-order valence-electron chi connectivity index (χ1n) is 6.32. The molecule has 1 aromatic rings. The Bertz CT molecular complexity index is 582. The molecule has 0 aromatic carbocycles. The smallest absolute Gasteiger partial charge is 0.247 e. The topological polar surface area (TPSA) is 98.5 Å². The number of thiophene rings is 1. The quantitative estimate of drug-likeness (QED) is 0.831. The third-order valence-electron chi connectivity index (χ3n) is 3.34. The van der Waals surface area contributed by atoms with Gasteiger partial charge in [0.1, 0.15) is 4.21 Å². The van der Waals surface area contributed by atoms with Crippen LogP contribution in [-0.2, 0) is 26.0 Å². The molecule has 0 aliphatic heterocycles. The second-order valence-electron chi connectivity index (χ2n) is 4.88. The number of primary sulfonamides is 1. The number of carbonyl (C=O) groups is 1. The first-order valence-corrected chi connectivity index (χ1v) is 8.68. The lowest BCUT2D eigenvalue weighted by Gasteiger charge is -2.12. The van der Waals surface area contributed by atoms with Gasteiger partial charge in [-0.1, -0.05) is 0 Å². The van der Waals surface area contributed by atoms with Gasteiger partial charge in [0.15, 0.2) is 0 Å². The molecule has 0 radical (unpaired) electrons. The van der Waals surface area contributed by atoms with E-state index >= 15 is 0 Å². The Morgan fingerprint density at radius 1 is 1.50 bits per heavy atom. The highest BCUT2D eigenvalue weighted by Crippen LogP contribution is 2.23. The summed E-state index contributed by atoms with van der Waals surface area (Å²) < 4.78 is 27.6. The largest absolute Gasteiger partial charge is 0.381 e. The van der Waals surface area contributed by atoms with Crippen molar-refractivity contribution < 1.29 is 17.9 Å². The van der Waals surface area contributed by atoms with Crippen molar-refractivity contribution in [1.82, 2.24) is 5.32 Å². The molecule has 0 bridgehead atoms. The molecule has 112 valence electrons. The molecule has 0 saturated heterocycles. The molecule has 3 N–H and O–H groups in total. The zero-order valence-corrected chi connectivity index (χ0v) is 12.8. The summed E-state index contributed by atoms with van der Waals surface area (Å²) in [6, 6.07) is 3.19. The maximum atomic E-state index is 11.9. The lowest BCUT2D eigenvalue weighted by molar-refractivity contribution is -0.121. The van der Waals surface area contributed by atoms with Crippen molar-refractivity contribution in [2.45, 2.75) is 42.0 Å². The molecule has 2 rings (SSSR count). The van der Waals surface area contributed by atoms with Crippen molar-refractivity contribution in [3.63, 3.8) is 0 Å². The van der Waals surface area contributed by atoms with Crippen LogP contribution in [0.1, 0.15) is 24.1 Å². The number of nitrogens with two attached hydrogens (primary N) is 1. The summed E-state index contributed by atoms with van der Waals surface area (Å²) in [5.41, 5.74) is 0. The summed E-state index contributed by atoms with van der Waals surface area (Å²) in [6.07, 6.45) is 3.09. The van der Waals surface area contributed by atoms with Crippen LogP contribution in [0.5, 0.6) is 0 Å². The highest BCUT2D eigenvalue weighted by molar-refractivity contribution is 7.91. The van der Waals surface area contributed by atoms with E-state index in [0.29, 0.717) is 4.88 Å². The van der Waals surface area contributed by atoms with Gasteiger partial charge in [-0.05, 0) is 31.4 Å². The fourth-order valence-electron chi connectivity index (χ4n) is 2.33. The number of amides is 1. The van der Waals surface area contributed by atoms with E-state index in [1.165, 1.54) is 6.07 Å². The first kappa shape index (κ1) is 15.4. The van der Waals surface area contributed by atoms with Crippen LogP contribution in [-0.4, -0.2) is 33.6 Å². The van der Waals surface area contributed by atoms with Crippen molar-refractivity contribution in [3.05, 3.63) is 17.0 Å². The zero-order valence-electron chi connectivity index (χ0n) is 11.2. The molecule has 2 unspecified atom stereocenters. The van der Waals surface area contributed by atoms with Crippen LogP contribution < -0.4 is 10.5 Å². The van der Waals surface area contributed by atoms with E-state index in [9.17, 15) is 13.2 Å². The van der Waals surface area contributed by atoms with E-state index in [1.807, 2.05) is 0 Å². The number of methoxy groups -OCH3 is 1. The van der Waals surface area contributed by atoms with Crippen LogP contribution in [0.3, 0.4) is 0 Å². The van der Waals surface area contributed by atoms with E-state index in [2.05, 4.69) is 5.32 Å². The summed E-state index contributed by atoms with van der Waals surface area (Å²) in [5, 5.41) is 7.98. The third-order valence-corrected chi connectivity index (χ3v) is 5.86. The van der Waals surface area contributed by atoms with Gasteiger partial charge in [-0.15, -0.1) is 11.3 Å². The Morgan fingerprint density at radius 3 is 2.80 bits per heavy atom. The monoisotopic (exact) mass is 318 g/mol. The van der Waals surface area contributed by atoms with Gasteiger partial charge < -0.3 is 10.1 Å². The predicted octanol–water partition coefficient (Wildman–Crippen LogP) is 0.622. The lowest BCUT2D eigenvalue weighted by Crippen LogP contribution is -2.34. The second kappa shape index (κ2) is 6.21. The van der Waals surface area contributed by atoms with Gasteiger partial charge in [0.05, 0.1) is 12.5 Å². The van der Waals surface area contributed by atoms with Crippen molar-refractivity contribution >= 4 is 27.3 Å². The molecule has 1 aliphatic carbocycles. The van der Waals surface area contributed by atoms with Crippen molar-refractivity contribution in [1.29, 1.82) is 0 Å². The Morgan fingerprint density at radius 2 is 2.25 bits per heavy atom. The minimum absolute atomic E-state index is 0.0839. The van der Waals surface area contributed by atoms with Gasteiger partial charge in [-0.2, -0.15) is 0 Å². The minimum atomic E-state index is -3.68. The molecule has 1 amide bonds. The second-order valence-corrected chi connectivity index (χ2v) is 7.83. The van der Waals surface area contributed by atoms with Gasteiger partial charge in [-0.3, -0.25) is 4.79 Å². The highest BCUT2D eigenvalue weighted by atomic mass is 32.2. The average molecular weight is 318 g/mol. The fraction of sp³-hybridized carbons (Fsp3) is 0.583. The number of carbonyl (C=O) groups excluding carboxylic acids is 1. The number of hydrogen-bond acceptors (Lipinski definition) is 5. The molecular weight excluding hydrogens is 300 g/mol. The van der Waals surface area contributed by atoms with E-state index in [-0.39, 0.29) is 28.7 Å². The normalized spacial score (nSPS) is 22.9. The number of sulfonamides is 1. The molecule has 1 aliphatic rings. The molecule has 8 heteroatoms. The zero-order chi connectivity index (χ0) is 14.8. The van der Waals surface area contributed by atoms with Crippen LogP contribution in [0.4, 0.5) is 0 Å². The van der Waals surface area contributed by atoms with E-state index in [1.54, 1.807) is 13.2 Å². The van der Waals surface area contributed by atoms with Crippen LogP contribution in [0.25, 0.3) is 0 Å². The molecule has 1 heterocycles. The maximum Gasteiger partial charge on any atom is 0.247 e. The molecule has 1 aromatic heterocycles. The molecule has 2 atom stereocenters. The van der Waals surface area contributed by atoms with Crippen LogP contribution in [0, 0.1) is 0 Å². The summed E-state index contributed by atoms with van der Waals surface area (Å²) in [6.45, 7) is 0. The summed E-state index contributed by atoms with van der Waals surface area (Å²) in [4.78, 5) is 12.6. The number of ether oxygens (including phenoxy) is 1. The molecule has 1 saturated carbocycles. The van der Waals surface area contributed by atoms with Gasteiger partial charge in [0, 0.05) is 18.0 Å². The molecule has 6 nitrogen and oxygen atoms in total. The van der Waals surface area contributed by atoms with Crippen molar-refractivity contribution in [2.75, 3.05) is 7.11 Å². The highest BCUT2D eigenvalue weighted by Gasteiger charge is 2.25. The summed E-state index contributed by atoms with van der Waals surface area (Å²) in [7, 11) is -2.00. The summed E-state index contributed by atoms with van der Waals surface area (Å²) in [5.74, 6) is -0.102. The van der Waals surface area contributed by atoms with Crippen molar-refractivity contribution in [2.24, 2.45) is 5.14 Å². The van der Waals surface area contributed by atoms with Gasteiger partial charge in [0.25, 0.3) is 0 Å². The van der Waals surface area contributed by atoms with Crippen molar-refractivity contribution in [3.8, 4) is 0 Å². The van der Waals surface area contributed by atoms with Crippen LogP contribution in [0.15, 0.2) is 16.3 Å². The average Bonchev–Trinajstić information content (AvgIpc) is 2.97. The fourth-order valence-corrected chi connectivity index (χ4v) is 4.11. The predicted molar refractivity (Wildman–Crippen MR) is 76.0 cm³/mol. The van der Waals surface area contributed by atoms with E-state index < -0.39 is 10.0 Å². The summed E-state index contributed by atoms with van der Waals surface area (Å²) >= 11 is 1.03. The first-order chi connectivity index (χ1) is 9.38. The van der Waals surface area contributed by atoms with E-state index in [0.717, 1.165) is 30.6 Å². The number of nitrogens with one attached hydrogen (secondary N) is 1. The Hall–Kier alpha value is -0.960. The maximum absolute atomic E-state index is 11.9. The number of hydrogen-bond donors (Lipinski definition) is 2. The van der Waals surface area contributed by atoms with Gasteiger partial charge in [-0.25, -0.2) is 13.6 Å². The Labute approximate surface area is 122 Å². The standard InChI is InChI=1S/C12H18N2O4S2/c1-18-9-3-2-8(6-9)14-11(15)7-10-4-5-12(19-10)20(13,16)17/h4-5,8-9H,2-3,6-7H2,1H3,(H,14,15)(H2,13,16,17). The third kappa shape index (κ3) is 4.02. The van der Waals surface area contributed by atoms with Crippen LogP contribution >= 0.6 is 11.3 Å². The van der Waals surface area contributed by atoms with Gasteiger partial charge >= 0.3 is 0 Å². The number of rotatable bonds is 5. The lowest BCUT2D eigenvalue weighted by atomic mass is 10.2. The molecule has 0 spiro atoms. The minimum Gasteiger partial charge on any atom is -0.381 e. The Balaban J connectivity index is 1.87. The SMILES string of the molecule is COC1CCC(NC(=O)Cc2ccc(S(N)(=O)=O)s2)C1. The molecular formula is C12H18N2O4S2. The van der Waals surface area contributed by atoms with Crippen LogP contribution in [0.2, 0.25) is 0 Å². The van der Waals surface area contributed by atoms with Gasteiger partial charge in [0.2, 0.25) is 15.9 Å². The van der Waals surface area contributed by atoms with E-state index in [4.69, 9.17) is 9.88 Å².